The van der Waals surface area contributed by atoms with Gasteiger partial charge in [0, 0.05) is 43.0 Å². The predicted octanol–water partition coefficient (Wildman–Crippen LogP) is 6.12. The molecule has 12 heteroatoms. The minimum Gasteiger partial charge on any atom is -0.492 e. The molecule has 0 aromatic heterocycles. The molecule has 0 bridgehead atoms. The number of aliphatic imine (C=N–C) groups is 1. The maximum atomic E-state index is 15.7. The van der Waals surface area contributed by atoms with Crippen molar-refractivity contribution in [2.75, 3.05) is 37.0 Å². The second kappa shape index (κ2) is 11.7. The van der Waals surface area contributed by atoms with Gasteiger partial charge in [-0.3, -0.25) is 14.5 Å². The molecule has 0 spiro atoms. The van der Waals surface area contributed by atoms with Crippen LogP contribution in [0.5, 0.6) is 5.75 Å². The second-order valence-electron chi connectivity index (χ2n) is 11.2. The Kier molecular flexibility index (Phi) is 8.35. The Morgan fingerprint density at radius 1 is 1.14 bits per heavy atom. The summed E-state index contributed by atoms with van der Waals surface area (Å²) in [6, 6.07) is 7.68. The third-order valence-electron chi connectivity index (χ3n) is 8.03. The van der Waals surface area contributed by atoms with Crippen LogP contribution in [0, 0.1) is 17.7 Å². The summed E-state index contributed by atoms with van der Waals surface area (Å²) in [4.78, 5) is 32.4. The van der Waals surface area contributed by atoms with Crippen LogP contribution in [-0.2, 0) is 9.59 Å². The lowest BCUT2D eigenvalue weighted by Gasteiger charge is -2.44. The Bertz CT molecular complexity index is 1440. The summed E-state index contributed by atoms with van der Waals surface area (Å²) in [6.45, 7) is 5.56. The maximum Gasteiger partial charge on any atom is 0.414 e. The molecule has 2 aromatic carbocycles. The highest BCUT2D eigenvalue weighted by atomic mass is 35.5. The number of hydrogen-bond donors (Lipinski definition) is 1. The van der Waals surface area contributed by atoms with E-state index in [0.717, 1.165) is 12.8 Å². The average molecular weight is 607 g/mol. The van der Waals surface area contributed by atoms with E-state index in [9.17, 15) is 22.8 Å². The first-order valence-electron chi connectivity index (χ1n) is 13.7. The number of halogens is 5. The lowest BCUT2D eigenvalue weighted by atomic mass is 9.95. The van der Waals surface area contributed by atoms with Crippen LogP contribution in [0.25, 0.3) is 11.1 Å². The topological polar surface area (TPSA) is 74.2 Å². The van der Waals surface area contributed by atoms with Crippen molar-refractivity contribution in [2.45, 2.75) is 44.9 Å². The largest absolute Gasteiger partial charge is 0.492 e. The molecule has 3 aliphatic rings. The molecule has 1 unspecified atom stereocenters. The zero-order valence-corrected chi connectivity index (χ0v) is 24.1. The highest BCUT2D eigenvalue weighted by Crippen LogP contribution is 2.40. The number of anilines is 2. The third-order valence-corrected chi connectivity index (χ3v) is 8.33. The van der Waals surface area contributed by atoms with Gasteiger partial charge in [-0.15, -0.1) is 0 Å². The molecular formula is C30H31ClF4N4O3. The van der Waals surface area contributed by atoms with Crippen molar-refractivity contribution >= 4 is 41.0 Å². The molecule has 1 saturated carbocycles. The summed E-state index contributed by atoms with van der Waals surface area (Å²) in [5.74, 6) is -3.62. The van der Waals surface area contributed by atoms with E-state index in [1.807, 2.05) is 25.8 Å². The standard InChI is InChI=1S/C30H31ClF4N4O3/c1-16-13-39(14-17(2)38(16)3)26-11-24(32)20(19-6-7-27(23(31)8-19)42-15-18-4-5-18)9-25(26)37-29(41)21-12-36-28(40)10-22(21)30(33,34)35/h6-12,16-18,21H,4-5,13-15H2,1-3H3,(H,37,41)/t16-,17+,21?. The zero-order valence-electron chi connectivity index (χ0n) is 23.3. The predicted molar refractivity (Wildman–Crippen MR) is 154 cm³/mol. The van der Waals surface area contributed by atoms with Crippen molar-refractivity contribution in [2.24, 2.45) is 16.8 Å². The monoisotopic (exact) mass is 606 g/mol. The van der Waals surface area contributed by atoms with Gasteiger partial charge < -0.3 is 15.0 Å². The molecule has 42 heavy (non-hydrogen) atoms. The van der Waals surface area contributed by atoms with Crippen LogP contribution in [0.2, 0.25) is 5.02 Å². The number of carbonyl (C=O) groups excluding carboxylic acids is 2. The number of ether oxygens (including phenoxy) is 1. The molecule has 2 fully saturated rings. The summed E-state index contributed by atoms with van der Waals surface area (Å²) in [5.41, 5.74) is -0.372. The highest BCUT2D eigenvalue weighted by molar-refractivity contribution is 6.32. The molecular weight excluding hydrogens is 576 g/mol. The van der Waals surface area contributed by atoms with E-state index in [4.69, 9.17) is 16.3 Å². The van der Waals surface area contributed by atoms with Crippen LogP contribution >= 0.6 is 11.6 Å². The molecule has 2 heterocycles. The summed E-state index contributed by atoms with van der Waals surface area (Å²) in [6.07, 6.45) is -1.71. The summed E-state index contributed by atoms with van der Waals surface area (Å²) in [5, 5.41) is 2.86. The van der Waals surface area contributed by atoms with E-state index in [1.54, 1.807) is 18.2 Å². The van der Waals surface area contributed by atoms with Crippen LogP contribution in [0.15, 0.2) is 47.0 Å². The van der Waals surface area contributed by atoms with Crippen LogP contribution in [-0.4, -0.2) is 67.9 Å². The molecule has 1 aliphatic carbocycles. The number of nitrogens with one attached hydrogen (secondary N) is 1. The number of carbonyl (C=O) groups is 2. The smallest absolute Gasteiger partial charge is 0.414 e. The lowest BCUT2D eigenvalue weighted by Crippen LogP contribution is -2.55. The first kappa shape index (κ1) is 30.0. The van der Waals surface area contributed by atoms with Crippen LogP contribution in [0.3, 0.4) is 0 Å². The Morgan fingerprint density at radius 3 is 2.45 bits per heavy atom. The van der Waals surface area contributed by atoms with Gasteiger partial charge in [-0.2, -0.15) is 13.2 Å². The lowest BCUT2D eigenvalue weighted by molar-refractivity contribution is -0.124. The van der Waals surface area contributed by atoms with E-state index >= 15 is 4.39 Å². The number of rotatable bonds is 7. The Labute approximate surface area is 246 Å². The molecule has 1 saturated heterocycles. The van der Waals surface area contributed by atoms with Gasteiger partial charge in [0.2, 0.25) is 5.91 Å². The quantitative estimate of drug-likeness (QED) is 0.385. The molecule has 2 aromatic rings. The third kappa shape index (κ3) is 6.47. The molecule has 1 N–H and O–H groups in total. The minimum atomic E-state index is -4.93. The zero-order chi connectivity index (χ0) is 30.3. The van der Waals surface area contributed by atoms with Gasteiger partial charge in [-0.1, -0.05) is 17.7 Å². The van der Waals surface area contributed by atoms with E-state index in [1.165, 1.54) is 12.1 Å². The van der Waals surface area contributed by atoms with Crippen molar-refractivity contribution in [3.63, 3.8) is 0 Å². The number of amides is 2. The molecule has 2 amide bonds. The number of piperazine rings is 1. The Hall–Kier alpha value is -3.44. The summed E-state index contributed by atoms with van der Waals surface area (Å²) < 4.78 is 62.7. The average Bonchev–Trinajstić information content (AvgIpc) is 3.75. The molecule has 2 aliphatic heterocycles. The molecule has 7 nitrogen and oxygen atoms in total. The molecule has 224 valence electrons. The molecule has 5 rings (SSSR count). The second-order valence-corrected chi connectivity index (χ2v) is 11.6. The number of alkyl halides is 3. The van der Waals surface area contributed by atoms with Crippen molar-refractivity contribution < 1.29 is 31.9 Å². The fourth-order valence-electron chi connectivity index (χ4n) is 5.19. The number of likely N-dealkylation sites (N-methyl/N-ethyl adjacent to an activating group) is 1. The fourth-order valence-corrected chi connectivity index (χ4v) is 5.43. The number of hydrogen-bond acceptors (Lipinski definition) is 5. The number of benzene rings is 2. The number of nitrogens with zero attached hydrogens (tertiary/aromatic N) is 3. The fraction of sp³-hybridized carbons (Fsp3) is 0.433. The van der Waals surface area contributed by atoms with Crippen molar-refractivity contribution in [1.82, 2.24) is 4.90 Å². The molecule has 0 radical (unpaired) electrons. The van der Waals surface area contributed by atoms with Crippen LogP contribution in [0.1, 0.15) is 26.7 Å². The van der Waals surface area contributed by atoms with Gasteiger partial charge in [-0.05, 0) is 69.5 Å². The molecule has 3 atom stereocenters. The Morgan fingerprint density at radius 2 is 1.83 bits per heavy atom. The van der Waals surface area contributed by atoms with Gasteiger partial charge in [0.25, 0.3) is 5.91 Å². The summed E-state index contributed by atoms with van der Waals surface area (Å²) >= 11 is 6.45. The van der Waals surface area contributed by atoms with Gasteiger partial charge >= 0.3 is 6.18 Å². The number of dihydropyridines is 1. The highest BCUT2D eigenvalue weighted by Gasteiger charge is 2.43. The SMILES string of the molecule is C[C@@H]1CN(c2cc(F)c(-c3ccc(OCC4CC4)c(Cl)c3)cc2NC(=O)C2C=NC(=O)C=C2C(F)(F)F)C[C@H](C)N1C. The maximum absolute atomic E-state index is 15.7. The van der Waals surface area contributed by atoms with E-state index < -0.39 is 35.3 Å². The minimum absolute atomic E-state index is 0.0817. The first-order valence-corrected chi connectivity index (χ1v) is 14.1. The van der Waals surface area contributed by atoms with Crippen molar-refractivity contribution in [3.8, 4) is 16.9 Å². The van der Waals surface area contributed by atoms with Gasteiger partial charge in [0.05, 0.1) is 28.6 Å². The van der Waals surface area contributed by atoms with E-state index in [2.05, 4.69) is 15.2 Å². The van der Waals surface area contributed by atoms with Crippen molar-refractivity contribution in [3.05, 3.63) is 52.8 Å². The van der Waals surface area contributed by atoms with Gasteiger partial charge in [0.15, 0.2) is 0 Å². The van der Waals surface area contributed by atoms with E-state index in [0.29, 0.717) is 54.9 Å². The van der Waals surface area contributed by atoms with Crippen LogP contribution in [0.4, 0.5) is 28.9 Å². The Balaban J connectivity index is 1.52. The van der Waals surface area contributed by atoms with Crippen molar-refractivity contribution in [1.29, 1.82) is 0 Å². The first-order chi connectivity index (χ1) is 19.8. The van der Waals surface area contributed by atoms with E-state index in [-0.39, 0.29) is 28.4 Å². The summed E-state index contributed by atoms with van der Waals surface area (Å²) in [7, 11) is 1.98. The van der Waals surface area contributed by atoms with Crippen LogP contribution < -0.4 is 15.0 Å². The van der Waals surface area contributed by atoms with Gasteiger partial charge in [-0.25, -0.2) is 9.38 Å². The normalized spacial score (nSPS) is 23.1. The van der Waals surface area contributed by atoms with Gasteiger partial charge in [0.1, 0.15) is 17.5 Å².